The predicted octanol–water partition coefficient (Wildman–Crippen LogP) is 4.08. The van der Waals surface area contributed by atoms with Gasteiger partial charge in [0, 0.05) is 35.5 Å². The van der Waals surface area contributed by atoms with Gasteiger partial charge in [-0.15, -0.1) is 0 Å². The molecule has 7 nitrogen and oxygen atoms in total. The molecule has 1 aromatic carbocycles. The molecule has 5 rings (SSSR count). The van der Waals surface area contributed by atoms with Crippen molar-refractivity contribution in [3.63, 3.8) is 0 Å². The van der Waals surface area contributed by atoms with E-state index in [0.29, 0.717) is 30.9 Å². The van der Waals surface area contributed by atoms with Gasteiger partial charge in [0.15, 0.2) is 11.6 Å². The predicted molar refractivity (Wildman–Crippen MR) is 120 cm³/mol. The van der Waals surface area contributed by atoms with Crippen molar-refractivity contribution >= 4 is 16.9 Å². The molecule has 8 heteroatoms. The summed E-state index contributed by atoms with van der Waals surface area (Å²) in [7, 11) is 1.44. The molecule has 0 saturated carbocycles. The number of nitrogens with zero attached hydrogens (tertiary/aromatic N) is 4. The van der Waals surface area contributed by atoms with Gasteiger partial charge in [0.25, 0.3) is 0 Å². The number of rotatable bonds is 4. The zero-order valence-electron chi connectivity index (χ0n) is 17.9. The number of fused-ring (bicyclic) bond motifs is 2. The van der Waals surface area contributed by atoms with Gasteiger partial charge < -0.3 is 14.6 Å². The van der Waals surface area contributed by atoms with E-state index in [1.54, 1.807) is 23.2 Å². The highest BCUT2D eigenvalue weighted by Crippen LogP contribution is 2.41. The van der Waals surface area contributed by atoms with Gasteiger partial charge in [0.2, 0.25) is 5.91 Å². The van der Waals surface area contributed by atoms with Crippen LogP contribution in [0.2, 0.25) is 0 Å². The highest BCUT2D eigenvalue weighted by Gasteiger charge is 2.29. The molecule has 1 amide bonds. The summed E-state index contributed by atoms with van der Waals surface area (Å²) in [6, 6.07) is 6.78. The number of carbonyl (C=O) groups is 1. The molecular weight excluding hydrogens is 409 g/mol. The summed E-state index contributed by atoms with van der Waals surface area (Å²) in [5.74, 6) is -0.406. The fourth-order valence-corrected chi connectivity index (χ4v) is 4.36. The minimum Gasteiger partial charge on any atom is -0.494 e. The first-order valence-electron chi connectivity index (χ1n) is 10.3. The molecule has 1 aliphatic heterocycles. The van der Waals surface area contributed by atoms with Crippen LogP contribution in [0.3, 0.4) is 0 Å². The number of aromatic amines is 1. The summed E-state index contributed by atoms with van der Waals surface area (Å²) < 4.78 is 21.6. The average Bonchev–Trinajstić information content (AvgIpc) is 3.38. The van der Waals surface area contributed by atoms with Crippen LogP contribution in [-0.2, 0) is 17.9 Å². The average molecular weight is 431 g/mol. The molecule has 0 fully saturated rings. The molecule has 162 valence electrons. The van der Waals surface area contributed by atoms with Gasteiger partial charge >= 0.3 is 0 Å². The van der Waals surface area contributed by atoms with E-state index in [0.717, 1.165) is 33.4 Å². The summed E-state index contributed by atoms with van der Waals surface area (Å²) in [5, 5.41) is 5.83. The Balaban J connectivity index is 1.78. The Morgan fingerprint density at radius 3 is 2.91 bits per heavy atom. The Morgan fingerprint density at radius 1 is 1.31 bits per heavy atom. The molecule has 0 spiro atoms. The van der Waals surface area contributed by atoms with Gasteiger partial charge in [-0.2, -0.15) is 5.10 Å². The third kappa shape index (κ3) is 3.07. The molecule has 0 bridgehead atoms. The lowest BCUT2D eigenvalue weighted by atomic mass is 9.95. The van der Waals surface area contributed by atoms with Crippen molar-refractivity contribution < 1.29 is 13.9 Å². The van der Waals surface area contributed by atoms with Crippen LogP contribution in [0, 0.1) is 12.7 Å². The SMILES string of the molecule is C=CC(=O)N1CCn2nc(-c3ccc(OC)c(F)c3)c(-c3ccnc4[nH]cc(C)c34)c2C1. The first-order valence-corrected chi connectivity index (χ1v) is 10.3. The Labute approximate surface area is 184 Å². The molecule has 1 N–H and O–H groups in total. The van der Waals surface area contributed by atoms with Crippen molar-refractivity contribution in [2.24, 2.45) is 0 Å². The number of amides is 1. The normalized spacial score (nSPS) is 13.3. The van der Waals surface area contributed by atoms with Crippen LogP contribution in [0.15, 0.2) is 49.3 Å². The number of hydrogen-bond acceptors (Lipinski definition) is 4. The van der Waals surface area contributed by atoms with Crippen molar-refractivity contribution in [3.8, 4) is 28.1 Å². The number of aromatic nitrogens is 4. The maximum Gasteiger partial charge on any atom is 0.246 e. The second kappa shape index (κ2) is 7.64. The Hall–Kier alpha value is -3.94. The van der Waals surface area contributed by atoms with Crippen molar-refractivity contribution in [1.82, 2.24) is 24.6 Å². The van der Waals surface area contributed by atoms with Crippen LogP contribution in [-0.4, -0.2) is 44.2 Å². The maximum atomic E-state index is 14.6. The maximum absolute atomic E-state index is 14.6. The first-order chi connectivity index (χ1) is 15.5. The van der Waals surface area contributed by atoms with Crippen LogP contribution in [0.4, 0.5) is 4.39 Å². The molecule has 4 heterocycles. The number of halogens is 1. The van der Waals surface area contributed by atoms with E-state index in [1.807, 2.05) is 23.9 Å². The highest BCUT2D eigenvalue weighted by molar-refractivity contribution is 6.00. The molecule has 1 aliphatic rings. The van der Waals surface area contributed by atoms with E-state index in [1.165, 1.54) is 19.3 Å². The number of H-pyrrole nitrogens is 1. The van der Waals surface area contributed by atoms with Crippen LogP contribution in [0.25, 0.3) is 33.4 Å². The second-order valence-corrected chi connectivity index (χ2v) is 7.76. The summed E-state index contributed by atoms with van der Waals surface area (Å²) >= 11 is 0. The lowest BCUT2D eigenvalue weighted by Gasteiger charge is -2.27. The van der Waals surface area contributed by atoms with E-state index in [2.05, 4.69) is 16.5 Å². The molecular formula is C24H22FN5O2. The van der Waals surface area contributed by atoms with Gasteiger partial charge in [-0.3, -0.25) is 9.48 Å². The molecule has 0 saturated heterocycles. The van der Waals surface area contributed by atoms with Crippen molar-refractivity contribution in [2.45, 2.75) is 20.0 Å². The van der Waals surface area contributed by atoms with E-state index < -0.39 is 5.82 Å². The first kappa shape index (κ1) is 20.0. The van der Waals surface area contributed by atoms with Gasteiger partial charge in [0.1, 0.15) is 11.3 Å². The zero-order chi connectivity index (χ0) is 22.4. The van der Waals surface area contributed by atoms with Crippen molar-refractivity contribution in [1.29, 1.82) is 0 Å². The third-order valence-electron chi connectivity index (χ3n) is 5.93. The quantitative estimate of drug-likeness (QED) is 0.494. The van der Waals surface area contributed by atoms with Gasteiger partial charge in [-0.05, 0) is 48.4 Å². The topological polar surface area (TPSA) is 76.0 Å². The molecule has 0 aliphatic carbocycles. The Bertz CT molecular complexity index is 1370. The minimum absolute atomic E-state index is 0.127. The lowest BCUT2D eigenvalue weighted by molar-refractivity contribution is -0.127. The molecule has 4 aromatic rings. The van der Waals surface area contributed by atoms with Gasteiger partial charge in [-0.1, -0.05) is 6.58 Å². The van der Waals surface area contributed by atoms with E-state index >= 15 is 0 Å². The summed E-state index contributed by atoms with van der Waals surface area (Å²) in [4.78, 5) is 21.7. The summed E-state index contributed by atoms with van der Waals surface area (Å²) in [5.41, 5.74) is 5.81. The monoisotopic (exact) mass is 431 g/mol. The number of benzene rings is 1. The Morgan fingerprint density at radius 2 is 2.16 bits per heavy atom. The Kier molecular flexibility index (Phi) is 4.77. The van der Waals surface area contributed by atoms with Crippen LogP contribution in [0.5, 0.6) is 5.75 Å². The lowest BCUT2D eigenvalue weighted by Crippen LogP contribution is -2.37. The number of nitrogens with one attached hydrogen (secondary N) is 1. The smallest absolute Gasteiger partial charge is 0.246 e. The molecule has 3 aromatic heterocycles. The number of ether oxygens (including phenoxy) is 1. The number of pyridine rings is 1. The number of hydrogen-bond donors (Lipinski definition) is 1. The zero-order valence-corrected chi connectivity index (χ0v) is 17.9. The van der Waals surface area contributed by atoms with Crippen molar-refractivity contribution in [2.75, 3.05) is 13.7 Å². The van der Waals surface area contributed by atoms with Crippen LogP contribution >= 0.6 is 0 Å². The second-order valence-electron chi connectivity index (χ2n) is 7.76. The standard InChI is InChI=1S/C24H22FN5O2/c1-4-20(31)29-9-10-30-18(13-29)22(16-7-8-26-24-21(16)14(2)12-27-24)23(28-30)15-5-6-19(32-3)17(25)11-15/h4-8,11-12H,1,9-10,13H2,2-3H3,(H,26,27). The van der Waals surface area contributed by atoms with E-state index in [-0.39, 0.29) is 11.7 Å². The minimum atomic E-state index is -0.455. The summed E-state index contributed by atoms with van der Waals surface area (Å²) in [6.07, 6.45) is 4.98. The van der Waals surface area contributed by atoms with Gasteiger partial charge in [-0.25, -0.2) is 9.37 Å². The van der Waals surface area contributed by atoms with Crippen molar-refractivity contribution in [3.05, 3.63) is 66.4 Å². The van der Waals surface area contributed by atoms with Crippen LogP contribution < -0.4 is 4.74 Å². The number of aryl methyl sites for hydroxylation is 1. The molecule has 32 heavy (non-hydrogen) atoms. The van der Waals surface area contributed by atoms with E-state index in [9.17, 15) is 9.18 Å². The number of methoxy groups -OCH3 is 1. The van der Waals surface area contributed by atoms with Gasteiger partial charge in [0.05, 0.1) is 25.9 Å². The largest absolute Gasteiger partial charge is 0.494 e. The summed E-state index contributed by atoms with van der Waals surface area (Å²) in [6.45, 7) is 7.09. The van der Waals surface area contributed by atoms with E-state index in [4.69, 9.17) is 9.84 Å². The highest BCUT2D eigenvalue weighted by atomic mass is 19.1. The fraction of sp³-hybridized carbons (Fsp3) is 0.208. The molecule has 0 atom stereocenters. The third-order valence-corrected chi connectivity index (χ3v) is 5.93. The number of carbonyl (C=O) groups excluding carboxylic acids is 1. The molecule has 0 unspecified atom stereocenters. The molecule has 0 radical (unpaired) electrons. The van der Waals surface area contributed by atoms with Crippen LogP contribution in [0.1, 0.15) is 11.3 Å². The fourth-order valence-electron chi connectivity index (χ4n) is 4.36.